The first-order valence-corrected chi connectivity index (χ1v) is 6.19. The largest absolute Gasteiger partial charge is 0.340 e. The molecule has 0 saturated carbocycles. The van der Waals surface area contributed by atoms with Crippen LogP contribution in [0.5, 0.6) is 0 Å². The second kappa shape index (κ2) is 4.26. The Morgan fingerprint density at radius 2 is 1.89 bits per heavy atom. The maximum Gasteiger partial charge on any atom is 0.178 e. The average Bonchev–Trinajstić information content (AvgIpc) is 2.83. The van der Waals surface area contributed by atoms with Gasteiger partial charge in [-0.2, -0.15) is 0 Å². The molecule has 90 valence electrons. The molecule has 18 heavy (non-hydrogen) atoms. The van der Waals surface area contributed by atoms with Crippen LogP contribution < -0.4 is 0 Å². The van der Waals surface area contributed by atoms with Crippen LogP contribution in [0.2, 0.25) is 0 Å². The van der Waals surface area contributed by atoms with Crippen molar-refractivity contribution in [2.24, 2.45) is 0 Å². The Kier molecular flexibility index (Phi) is 2.59. The monoisotopic (exact) mass is 237 g/mol. The number of hydrogen-bond acceptors (Lipinski definition) is 2. The molecule has 3 aromatic rings. The molecule has 0 amide bonds. The number of aromatic amines is 1. The Hall–Kier alpha value is -2.16. The zero-order valence-electron chi connectivity index (χ0n) is 10.6. The molecule has 0 unspecified atom stereocenters. The molecule has 1 N–H and O–H groups in total. The molecule has 0 aliphatic heterocycles. The van der Waals surface area contributed by atoms with Gasteiger partial charge in [0.2, 0.25) is 0 Å². The van der Waals surface area contributed by atoms with Gasteiger partial charge in [0.05, 0.1) is 11.2 Å². The number of imidazole rings is 1. The van der Waals surface area contributed by atoms with Crippen LogP contribution in [0.1, 0.15) is 18.3 Å². The second-order valence-electron chi connectivity index (χ2n) is 4.43. The van der Waals surface area contributed by atoms with Gasteiger partial charge in [-0.15, -0.1) is 0 Å². The predicted molar refractivity (Wildman–Crippen MR) is 73.4 cm³/mol. The quantitative estimate of drug-likeness (QED) is 0.741. The first-order chi connectivity index (χ1) is 8.78. The van der Waals surface area contributed by atoms with E-state index in [2.05, 4.69) is 47.0 Å². The van der Waals surface area contributed by atoms with Crippen LogP contribution in [0.15, 0.2) is 36.4 Å². The van der Waals surface area contributed by atoms with E-state index in [9.17, 15) is 0 Å². The van der Waals surface area contributed by atoms with Crippen molar-refractivity contribution in [3.05, 3.63) is 47.8 Å². The summed E-state index contributed by atoms with van der Waals surface area (Å²) in [4.78, 5) is 12.5. The van der Waals surface area contributed by atoms with E-state index in [4.69, 9.17) is 0 Å². The highest BCUT2D eigenvalue weighted by atomic mass is 15.0. The maximum absolute atomic E-state index is 4.63. The molecule has 1 aromatic carbocycles. The van der Waals surface area contributed by atoms with Gasteiger partial charge in [0.1, 0.15) is 5.82 Å². The minimum Gasteiger partial charge on any atom is -0.340 e. The lowest BCUT2D eigenvalue weighted by molar-refractivity contribution is 0.997. The first-order valence-electron chi connectivity index (χ1n) is 6.19. The molecule has 0 radical (unpaired) electrons. The van der Waals surface area contributed by atoms with Crippen LogP contribution in [0.25, 0.3) is 22.4 Å². The number of aryl methyl sites for hydroxylation is 2. The van der Waals surface area contributed by atoms with E-state index in [0.717, 1.165) is 34.7 Å². The predicted octanol–water partition coefficient (Wildman–Crippen LogP) is 3.50. The minimum atomic E-state index is 0.811. The van der Waals surface area contributed by atoms with Gasteiger partial charge in [-0.25, -0.2) is 9.97 Å². The third-order valence-corrected chi connectivity index (χ3v) is 3.11. The van der Waals surface area contributed by atoms with Crippen LogP contribution in [0.4, 0.5) is 0 Å². The molecule has 0 fully saturated rings. The van der Waals surface area contributed by atoms with Gasteiger partial charge in [0.25, 0.3) is 0 Å². The molecular weight excluding hydrogens is 222 g/mol. The van der Waals surface area contributed by atoms with Crippen molar-refractivity contribution in [3.63, 3.8) is 0 Å². The van der Waals surface area contributed by atoms with Crippen molar-refractivity contribution in [2.45, 2.75) is 20.3 Å². The minimum absolute atomic E-state index is 0.811. The lowest BCUT2D eigenvalue weighted by Crippen LogP contribution is -1.87. The fraction of sp³-hybridized carbons (Fsp3) is 0.200. The molecular formula is C15H15N3. The van der Waals surface area contributed by atoms with E-state index in [0.29, 0.717) is 0 Å². The molecule has 3 heteroatoms. The summed E-state index contributed by atoms with van der Waals surface area (Å²) in [6.07, 6.45) is 0.899. The lowest BCUT2D eigenvalue weighted by atomic mass is 10.1. The van der Waals surface area contributed by atoms with E-state index < -0.39 is 0 Å². The van der Waals surface area contributed by atoms with E-state index in [1.54, 1.807) is 0 Å². The zero-order chi connectivity index (χ0) is 12.5. The smallest absolute Gasteiger partial charge is 0.178 e. The molecule has 0 bridgehead atoms. The molecule has 0 spiro atoms. The number of hydrogen-bond donors (Lipinski definition) is 1. The molecule has 0 aliphatic rings. The van der Waals surface area contributed by atoms with Crippen LogP contribution in [-0.2, 0) is 6.42 Å². The first kappa shape index (κ1) is 11.0. The van der Waals surface area contributed by atoms with E-state index >= 15 is 0 Å². The highest BCUT2D eigenvalue weighted by molar-refractivity contribution is 5.79. The van der Waals surface area contributed by atoms with Crippen molar-refractivity contribution < 1.29 is 0 Å². The SMILES string of the molecule is CCc1nc2nc(-c3ccccc3)cc(C)c2[nH]1. The maximum atomic E-state index is 4.63. The summed E-state index contributed by atoms with van der Waals surface area (Å²) in [5, 5.41) is 0. The number of nitrogens with zero attached hydrogens (tertiary/aromatic N) is 2. The van der Waals surface area contributed by atoms with Gasteiger partial charge in [-0.3, -0.25) is 0 Å². The number of nitrogens with one attached hydrogen (secondary N) is 1. The summed E-state index contributed by atoms with van der Waals surface area (Å²) in [5.41, 5.74) is 5.15. The van der Waals surface area contributed by atoms with Crippen molar-refractivity contribution in [1.82, 2.24) is 15.0 Å². The van der Waals surface area contributed by atoms with Gasteiger partial charge in [0, 0.05) is 12.0 Å². The number of rotatable bonds is 2. The van der Waals surface area contributed by atoms with Gasteiger partial charge >= 0.3 is 0 Å². The molecule has 2 aromatic heterocycles. The van der Waals surface area contributed by atoms with Gasteiger partial charge in [-0.05, 0) is 18.6 Å². The van der Waals surface area contributed by atoms with Crippen molar-refractivity contribution in [1.29, 1.82) is 0 Å². The third-order valence-electron chi connectivity index (χ3n) is 3.11. The molecule has 0 aliphatic carbocycles. The van der Waals surface area contributed by atoms with Gasteiger partial charge < -0.3 is 4.98 Å². The molecule has 0 saturated heterocycles. The highest BCUT2D eigenvalue weighted by Gasteiger charge is 2.08. The zero-order valence-corrected chi connectivity index (χ0v) is 10.6. The Labute approximate surface area is 106 Å². The second-order valence-corrected chi connectivity index (χ2v) is 4.43. The lowest BCUT2D eigenvalue weighted by Gasteiger charge is -2.02. The summed E-state index contributed by atoms with van der Waals surface area (Å²) < 4.78 is 0. The van der Waals surface area contributed by atoms with Crippen LogP contribution >= 0.6 is 0 Å². The Morgan fingerprint density at radius 3 is 2.61 bits per heavy atom. The number of pyridine rings is 1. The fourth-order valence-electron chi connectivity index (χ4n) is 2.12. The van der Waals surface area contributed by atoms with Crippen molar-refractivity contribution in [3.8, 4) is 11.3 Å². The van der Waals surface area contributed by atoms with Crippen LogP contribution in [-0.4, -0.2) is 15.0 Å². The molecule has 3 nitrogen and oxygen atoms in total. The van der Waals surface area contributed by atoms with Crippen molar-refractivity contribution in [2.75, 3.05) is 0 Å². The normalized spacial score (nSPS) is 11.0. The molecule has 3 rings (SSSR count). The highest BCUT2D eigenvalue weighted by Crippen LogP contribution is 2.22. The Morgan fingerprint density at radius 1 is 1.11 bits per heavy atom. The Balaban J connectivity index is 2.21. The topological polar surface area (TPSA) is 41.6 Å². The van der Waals surface area contributed by atoms with E-state index in [1.165, 1.54) is 5.56 Å². The number of fused-ring (bicyclic) bond motifs is 1. The van der Waals surface area contributed by atoms with Crippen LogP contribution in [0.3, 0.4) is 0 Å². The standard InChI is InChI=1S/C15H15N3/c1-3-13-17-14-10(2)9-12(16-15(14)18-13)11-7-5-4-6-8-11/h4-9H,3H2,1-2H3,(H,16,17,18). The van der Waals surface area contributed by atoms with E-state index in [-0.39, 0.29) is 0 Å². The summed E-state index contributed by atoms with van der Waals surface area (Å²) in [6, 6.07) is 12.3. The summed E-state index contributed by atoms with van der Waals surface area (Å²) in [7, 11) is 0. The summed E-state index contributed by atoms with van der Waals surface area (Å²) in [5.74, 6) is 0.991. The number of H-pyrrole nitrogens is 1. The number of aromatic nitrogens is 3. The molecule has 0 atom stereocenters. The third kappa shape index (κ3) is 1.78. The van der Waals surface area contributed by atoms with Gasteiger partial charge in [0.15, 0.2) is 5.65 Å². The average molecular weight is 237 g/mol. The van der Waals surface area contributed by atoms with E-state index in [1.807, 2.05) is 18.2 Å². The van der Waals surface area contributed by atoms with Crippen LogP contribution in [0, 0.1) is 6.92 Å². The number of benzene rings is 1. The van der Waals surface area contributed by atoms with Gasteiger partial charge in [-0.1, -0.05) is 37.3 Å². The Bertz CT molecular complexity index is 684. The fourth-order valence-corrected chi connectivity index (χ4v) is 2.12. The summed E-state index contributed by atoms with van der Waals surface area (Å²) >= 11 is 0. The molecule has 2 heterocycles. The van der Waals surface area contributed by atoms with Crippen molar-refractivity contribution >= 4 is 11.2 Å². The summed E-state index contributed by atoms with van der Waals surface area (Å²) in [6.45, 7) is 4.18.